The lowest BCUT2D eigenvalue weighted by molar-refractivity contribution is 0.126. The second-order valence-electron chi connectivity index (χ2n) is 6.49. The average Bonchev–Trinajstić information content (AvgIpc) is 2.80. The molecule has 1 saturated heterocycles. The van der Waals surface area contributed by atoms with Gasteiger partial charge in [0.25, 0.3) is 0 Å². The molecule has 0 bridgehead atoms. The lowest BCUT2D eigenvalue weighted by Crippen LogP contribution is -2.36. The van der Waals surface area contributed by atoms with E-state index in [2.05, 4.69) is 37.1 Å². The Labute approximate surface area is 117 Å². The summed E-state index contributed by atoms with van der Waals surface area (Å²) in [6.45, 7) is 12.3. The number of nitrogens with one attached hydrogen (secondary N) is 1. The molecule has 2 rings (SSSR count). The standard InChI is InChI=1S/C16H28N2O/c1-4-8-17-12-15-14(5-11-19-15)13-18-9-6-16(2,3)7-10-18/h5,11,17H,4,6-10,12-13H2,1-3H3. The van der Waals surface area contributed by atoms with E-state index in [-0.39, 0.29) is 0 Å². The highest BCUT2D eigenvalue weighted by Crippen LogP contribution is 2.30. The molecule has 1 aromatic rings. The third-order valence-electron chi connectivity index (χ3n) is 4.15. The molecule has 0 aliphatic carbocycles. The van der Waals surface area contributed by atoms with Gasteiger partial charge < -0.3 is 9.73 Å². The maximum Gasteiger partial charge on any atom is 0.122 e. The summed E-state index contributed by atoms with van der Waals surface area (Å²) in [6, 6.07) is 2.13. The number of rotatable bonds is 6. The van der Waals surface area contributed by atoms with Crippen LogP contribution < -0.4 is 5.32 Å². The Hall–Kier alpha value is -0.800. The van der Waals surface area contributed by atoms with Crippen LogP contribution in [0.5, 0.6) is 0 Å². The Bertz CT molecular complexity index is 374. The van der Waals surface area contributed by atoms with E-state index in [1.807, 2.05) is 6.26 Å². The molecule has 0 atom stereocenters. The summed E-state index contributed by atoms with van der Waals surface area (Å²) < 4.78 is 5.60. The molecule has 1 aromatic heterocycles. The lowest BCUT2D eigenvalue weighted by atomic mass is 9.82. The lowest BCUT2D eigenvalue weighted by Gasteiger charge is -2.36. The van der Waals surface area contributed by atoms with Crippen LogP contribution in [-0.4, -0.2) is 24.5 Å². The highest BCUT2D eigenvalue weighted by molar-refractivity contribution is 5.17. The minimum absolute atomic E-state index is 0.526. The first-order valence-electron chi connectivity index (χ1n) is 7.59. The third-order valence-corrected chi connectivity index (χ3v) is 4.15. The number of piperidine rings is 1. The fourth-order valence-corrected chi connectivity index (χ4v) is 2.60. The molecule has 3 heteroatoms. The van der Waals surface area contributed by atoms with Gasteiger partial charge in [-0.05, 0) is 50.4 Å². The normalized spacial score (nSPS) is 19.7. The molecule has 0 aromatic carbocycles. The molecule has 1 aliphatic heterocycles. The monoisotopic (exact) mass is 264 g/mol. The molecule has 0 amide bonds. The SMILES string of the molecule is CCCNCc1occc1CN1CCC(C)(C)CC1. The zero-order chi connectivity index (χ0) is 13.7. The molecule has 0 unspecified atom stereocenters. The van der Waals surface area contributed by atoms with Crippen LogP contribution in [0.25, 0.3) is 0 Å². The highest BCUT2D eigenvalue weighted by atomic mass is 16.3. The van der Waals surface area contributed by atoms with Crippen LogP contribution in [0.2, 0.25) is 0 Å². The van der Waals surface area contributed by atoms with Gasteiger partial charge in [0, 0.05) is 12.1 Å². The van der Waals surface area contributed by atoms with E-state index >= 15 is 0 Å². The predicted molar refractivity (Wildman–Crippen MR) is 79.0 cm³/mol. The van der Waals surface area contributed by atoms with Gasteiger partial charge in [0.15, 0.2) is 0 Å². The number of hydrogen-bond acceptors (Lipinski definition) is 3. The van der Waals surface area contributed by atoms with Crippen molar-refractivity contribution in [3.05, 3.63) is 23.7 Å². The first kappa shape index (κ1) is 14.6. The molecule has 1 N–H and O–H groups in total. The average molecular weight is 264 g/mol. The van der Waals surface area contributed by atoms with Crippen LogP contribution in [0.15, 0.2) is 16.7 Å². The van der Waals surface area contributed by atoms with Gasteiger partial charge in [-0.15, -0.1) is 0 Å². The van der Waals surface area contributed by atoms with Crippen LogP contribution in [-0.2, 0) is 13.1 Å². The van der Waals surface area contributed by atoms with E-state index in [1.54, 1.807) is 0 Å². The second kappa shape index (κ2) is 6.58. The Morgan fingerprint density at radius 3 is 2.74 bits per heavy atom. The number of likely N-dealkylation sites (tertiary alicyclic amines) is 1. The molecular formula is C16H28N2O. The van der Waals surface area contributed by atoms with Crippen molar-refractivity contribution in [1.82, 2.24) is 10.2 Å². The van der Waals surface area contributed by atoms with Crippen molar-refractivity contribution < 1.29 is 4.42 Å². The number of nitrogens with zero attached hydrogens (tertiary/aromatic N) is 1. The Morgan fingerprint density at radius 2 is 2.05 bits per heavy atom. The molecule has 19 heavy (non-hydrogen) atoms. The summed E-state index contributed by atoms with van der Waals surface area (Å²) in [5.41, 5.74) is 1.88. The summed E-state index contributed by atoms with van der Waals surface area (Å²) in [6.07, 6.45) is 5.59. The zero-order valence-corrected chi connectivity index (χ0v) is 12.7. The van der Waals surface area contributed by atoms with Crippen LogP contribution in [0, 0.1) is 5.41 Å². The van der Waals surface area contributed by atoms with Crippen LogP contribution >= 0.6 is 0 Å². The summed E-state index contributed by atoms with van der Waals surface area (Å²) in [7, 11) is 0. The van der Waals surface area contributed by atoms with Crippen molar-refractivity contribution in [2.24, 2.45) is 5.41 Å². The van der Waals surface area contributed by atoms with Crippen molar-refractivity contribution >= 4 is 0 Å². The molecule has 1 aliphatic rings. The van der Waals surface area contributed by atoms with Gasteiger partial charge >= 0.3 is 0 Å². The summed E-state index contributed by atoms with van der Waals surface area (Å²) in [4.78, 5) is 2.55. The van der Waals surface area contributed by atoms with Gasteiger partial charge in [-0.1, -0.05) is 20.8 Å². The number of hydrogen-bond donors (Lipinski definition) is 1. The molecule has 2 heterocycles. The molecule has 3 nitrogen and oxygen atoms in total. The van der Waals surface area contributed by atoms with E-state index in [0.717, 1.165) is 31.8 Å². The van der Waals surface area contributed by atoms with Crippen molar-refractivity contribution in [2.75, 3.05) is 19.6 Å². The van der Waals surface area contributed by atoms with Crippen LogP contribution in [0.3, 0.4) is 0 Å². The van der Waals surface area contributed by atoms with Crippen LogP contribution in [0.1, 0.15) is 51.4 Å². The molecule has 0 radical (unpaired) electrons. The minimum Gasteiger partial charge on any atom is -0.468 e. The fraction of sp³-hybridized carbons (Fsp3) is 0.750. The Balaban J connectivity index is 1.84. The van der Waals surface area contributed by atoms with Crippen molar-refractivity contribution in [3.63, 3.8) is 0 Å². The molecule has 1 fully saturated rings. The zero-order valence-electron chi connectivity index (χ0n) is 12.7. The van der Waals surface area contributed by atoms with E-state index in [0.29, 0.717) is 5.41 Å². The topological polar surface area (TPSA) is 28.4 Å². The minimum atomic E-state index is 0.526. The quantitative estimate of drug-likeness (QED) is 0.798. The maximum atomic E-state index is 5.60. The van der Waals surface area contributed by atoms with Gasteiger partial charge in [0.05, 0.1) is 12.8 Å². The molecular weight excluding hydrogens is 236 g/mol. The van der Waals surface area contributed by atoms with Crippen LogP contribution in [0.4, 0.5) is 0 Å². The summed E-state index contributed by atoms with van der Waals surface area (Å²) in [5, 5.41) is 3.42. The summed E-state index contributed by atoms with van der Waals surface area (Å²) in [5.74, 6) is 1.11. The predicted octanol–water partition coefficient (Wildman–Crippen LogP) is 3.40. The van der Waals surface area contributed by atoms with E-state index < -0.39 is 0 Å². The maximum absolute atomic E-state index is 5.60. The van der Waals surface area contributed by atoms with Crippen molar-refractivity contribution in [3.8, 4) is 0 Å². The highest BCUT2D eigenvalue weighted by Gasteiger charge is 2.25. The van der Waals surface area contributed by atoms with Gasteiger partial charge in [-0.2, -0.15) is 0 Å². The molecule has 0 spiro atoms. The van der Waals surface area contributed by atoms with Crippen molar-refractivity contribution in [1.29, 1.82) is 0 Å². The molecule has 0 saturated carbocycles. The Morgan fingerprint density at radius 1 is 1.32 bits per heavy atom. The van der Waals surface area contributed by atoms with E-state index in [4.69, 9.17) is 4.42 Å². The second-order valence-corrected chi connectivity index (χ2v) is 6.49. The van der Waals surface area contributed by atoms with Crippen molar-refractivity contribution in [2.45, 2.75) is 53.1 Å². The smallest absolute Gasteiger partial charge is 0.122 e. The van der Waals surface area contributed by atoms with E-state index in [9.17, 15) is 0 Å². The first-order chi connectivity index (χ1) is 9.11. The largest absolute Gasteiger partial charge is 0.468 e. The third kappa shape index (κ3) is 4.36. The van der Waals surface area contributed by atoms with Gasteiger partial charge in [0.2, 0.25) is 0 Å². The van der Waals surface area contributed by atoms with E-state index in [1.165, 1.54) is 31.5 Å². The fourth-order valence-electron chi connectivity index (χ4n) is 2.60. The number of furan rings is 1. The van der Waals surface area contributed by atoms with Gasteiger partial charge in [0.1, 0.15) is 5.76 Å². The molecule has 108 valence electrons. The Kier molecular flexibility index (Phi) is 5.06. The summed E-state index contributed by atoms with van der Waals surface area (Å²) >= 11 is 0. The van der Waals surface area contributed by atoms with Gasteiger partial charge in [-0.25, -0.2) is 0 Å². The first-order valence-corrected chi connectivity index (χ1v) is 7.59. The van der Waals surface area contributed by atoms with Gasteiger partial charge in [-0.3, -0.25) is 4.90 Å².